The zero-order valence-corrected chi connectivity index (χ0v) is 64.5. The maximum Gasteiger partial charge on any atom is 0.364 e. The summed E-state index contributed by atoms with van der Waals surface area (Å²) in [4.78, 5) is 38.7. The van der Waals surface area contributed by atoms with Crippen molar-refractivity contribution in [2.24, 2.45) is 0 Å². The topological polar surface area (TPSA) is 373 Å². The van der Waals surface area contributed by atoms with Crippen molar-refractivity contribution in [3.63, 3.8) is 0 Å². The van der Waals surface area contributed by atoms with Gasteiger partial charge in [-0.05, 0) is 12.8 Å². The van der Waals surface area contributed by atoms with Gasteiger partial charge in [0.2, 0.25) is 11.8 Å². The molecule has 0 saturated carbocycles. The Kier molecular flexibility index (Phi) is 54.9. The number of rotatable bonds is 67. The number of unbranched alkanes of at least 4 members (excludes halogenated alkanes) is 47. The number of aliphatic hydroxyl groups excluding tert-OH is 11. The van der Waals surface area contributed by atoms with Crippen molar-refractivity contribution < 1.29 is 104 Å². The maximum absolute atomic E-state index is 13.6. The van der Waals surface area contributed by atoms with Crippen molar-refractivity contribution >= 4 is 17.8 Å². The first kappa shape index (κ1) is 94.9. The molecule has 3 heterocycles. The smallest absolute Gasteiger partial charge is 0.364 e. The molecule has 0 bridgehead atoms. The predicted molar refractivity (Wildman–Crippen MR) is 399 cm³/mol. The van der Waals surface area contributed by atoms with E-state index in [1.54, 1.807) is 0 Å². The van der Waals surface area contributed by atoms with Gasteiger partial charge in [-0.15, -0.1) is 0 Å². The van der Waals surface area contributed by atoms with Crippen LogP contribution in [0.2, 0.25) is 0 Å². The van der Waals surface area contributed by atoms with Crippen LogP contribution >= 0.6 is 0 Å². The number of carbonyl (C=O) groups is 3. The fourth-order valence-corrected chi connectivity index (χ4v) is 15.0. The van der Waals surface area contributed by atoms with Crippen molar-refractivity contribution in [1.29, 1.82) is 0 Å². The van der Waals surface area contributed by atoms with Gasteiger partial charge >= 0.3 is 5.97 Å². The minimum atomic E-state index is -3.08. The number of hydrogen-bond donors (Lipinski definition) is 14. The SMILES string of the molecule is CCCCCCCCCCCCCCCCCCCCCCCCCCCCC(=O)NC(COC1OC(CO)C(OC2OC(CO)C(O)C(OC3(C(=O)O)CC(O)C(NC(C)=O)C(C(O)C(O)CO)O3)C2O)C(O)C1O)C(O)CCCCCCCCCCCCCCCCCCCCCCCCC. The van der Waals surface area contributed by atoms with Gasteiger partial charge in [-0.25, -0.2) is 4.79 Å². The van der Waals surface area contributed by atoms with Crippen LogP contribution in [-0.2, 0) is 42.8 Å². The zero-order chi connectivity index (χ0) is 75.3. The van der Waals surface area contributed by atoms with Crippen molar-refractivity contribution in [3.8, 4) is 0 Å². The van der Waals surface area contributed by atoms with E-state index in [0.29, 0.717) is 19.3 Å². The first-order valence-electron chi connectivity index (χ1n) is 41.9. The Morgan fingerprint density at radius 2 is 0.845 bits per heavy atom. The normalized spacial score (nSPS) is 26.4. The van der Waals surface area contributed by atoms with Crippen LogP contribution in [0.3, 0.4) is 0 Å². The van der Waals surface area contributed by atoms with Gasteiger partial charge in [0.25, 0.3) is 5.79 Å². The van der Waals surface area contributed by atoms with Crippen LogP contribution in [0.4, 0.5) is 0 Å². The molecule has 0 radical (unpaired) electrons. The molecule has 2 amide bonds. The average Bonchev–Trinajstić information content (AvgIpc) is 0.754. The van der Waals surface area contributed by atoms with Crippen LogP contribution < -0.4 is 10.6 Å². The first-order chi connectivity index (χ1) is 49.9. The number of ether oxygens (including phenoxy) is 6. The van der Waals surface area contributed by atoms with Crippen LogP contribution in [0.25, 0.3) is 0 Å². The van der Waals surface area contributed by atoms with Gasteiger partial charge in [-0.3, -0.25) is 9.59 Å². The molecule has 3 fully saturated rings. The van der Waals surface area contributed by atoms with E-state index >= 15 is 0 Å². The molecule has 0 aromatic rings. The molecule has 608 valence electrons. The Balaban J connectivity index is 1.50. The van der Waals surface area contributed by atoms with Crippen LogP contribution in [0.15, 0.2) is 0 Å². The van der Waals surface area contributed by atoms with E-state index in [1.165, 1.54) is 257 Å². The summed E-state index contributed by atoms with van der Waals surface area (Å²) in [6.45, 7) is 2.28. The van der Waals surface area contributed by atoms with Crippen LogP contribution in [-0.4, -0.2) is 215 Å². The van der Waals surface area contributed by atoms with Crippen LogP contribution in [0, 0.1) is 0 Å². The Morgan fingerprint density at radius 1 is 0.466 bits per heavy atom. The molecular weight excluding hydrogens is 1320 g/mol. The van der Waals surface area contributed by atoms with Gasteiger partial charge in [0, 0.05) is 19.8 Å². The summed E-state index contributed by atoms with van der Waals surface area (Å²) in [5.74, 6) is -6.09. The highest BCUT2D eigenvalue weighted by Crippen LogP contribution is 2.39. The molecule has 0 aromatic carbocycles. The molecule has 3 aliphatic rings. The number of aliphatic carboxylic acids is 1. The third kappa shape index (κ3) is 39.8. The highest BCUT2D eigenvalue weighted by Gasteiger charge is 2.60. The molecule has 18 atom stereocenters. The summed E-state index contributed by atoms with van der Waals surface area (Å²) in [6.07, 6.45) is 33.8. The second-order valence-corrected chi connectivity index (χ2v) is 30.7. The van der Waals surface area contributed by atoms with Gasteiger partial charge in [0.05, 0.1) is 50.7 Å². The third-order valence-corrected chi connectivity index (χ3v) is 21.6. The van der Waals surface area contributed by atoms with Gasteiger partial charge in [-0.2, -0.15) is 0 Å². The molecule has 23 nitrogen and oxygen atoms in total. The molecular formula is C80H152N2O21. The standard InChI is InChI=1S/C80H152N2O21/c1-4-6-8-10-12-14-16-18-20-22-24-26-28-29-30-32-34-36-38-40-42-44-46-48-50-52-54-67(90)82-61(62(87)53-51-49-47-45-43-41-39-37-35-33-31-27-25-23-21-19-17-15-13-11-9-7-5-2)59-98-77-72(94)71(93)74(66(58-85)100-77)101-78-73(95)76(70(92)65(57-84)99-78)103-80(79(96)97)55-63(88)68(81-60(3)86)75(102-80)69(91)64(89)56-83/h61-66,68-78,83-85,87-89,91-95H,4-59H2,1-3H3,(H,81,86)(H,82,90)(H,96,97). The Bertz CT molecular complexity index is 2050. The lowest BCUT2D eigenvalue weighted by atomic mass is 9.88. The van der Waals surface area contributed by atoms with Gasteiger partial charge in [-0.1, -0.05) is 322 Å². The molecule has 0 aliphatic carbocycles. The summed E-state index contributed by atoms with van der Waals surface area (Å²) in [5, 5.41) is 137. The molecule has 0 aromatic heterocycles. The number of carboxylic acids is 1. The molecule has 3 saturated heterocycles. The lowest BCUT2D eigenvalue weighted by molar-refractivity contribution is -0.386. The minimum absolute atomic E-state index is 0.230. The highest BCUT2D eigenvalue weighted by atomic mass is 16.8. The predicted octanol–water partition coefficient (Wildman–Crippen LogP) is 11.6. The summed E-state index contributed by atoms with van der Waals surface area (Å²) in [5.41, 5.74) is 0. The Labute approximate surface area is 620 Å². The second-order valence-electron chi connectivity index (χ2n) is 30.7. The van der Waals surface area contributed by atoms with E-state index in [4.69, 9.17) is 28.4 Å². The van der Waals surface area contributed by atoms with E-state index in [2.05, 4.69) is 24.5 Å². The Hall–Kier alpha value is -2.27. The summed E-state index contributed by atoms with van der Waals surface area (Å²) in [6, 6.07) is -2.53. The van der Waals surface area contributed by atoms with Crippen LogP contribution in [0.1, 0.15) is 355 Å². The lowest BCUT2D eigenvalue weighted by Gasteiger charge is -2.50. The van der Waals surface area contributed by atoms with E-state index in [9.17, 15) is 75.7 Å². The third-order valence-electron chi connectivity index (χ3n) is 21.6. The van der Waals surface area contributed by atoms with E-state index in [1.807, 2.05) is 0 Å². The number of nitrogens with one attached hydrogen (secondary N) is 2. The molecule has 23 heteroatoms. The van der Waals surface area contributed by atoms with E-state index in [-0.39, 0.29) is 18.9 Å². The molecule has 3 rings (SSSR count). The molecule has 103 heavy (non-hydrogen) atoms. The summed E-state index contributed by atoms with van der Waals surface area (Å²) in [7, 11) is 0. The average molecular weight is 1480 g/mol. The molecule has 14 N–H and O–H groups in total. The van der Waals surface area contributed by atoms with Gasteiger partial charge in [0.15, 0.2) is 12.6 Å². The molecule has 3 aliphatic heterocycles. The number of amides is 2. The maximum atomic E-state index is 13.6. The first-order valence-corrected chi connectivity index (χ1v) is 41.9. The minimum Gasteiger partial charge on any atom is -0.477 e. The fourth-order valence-electron chi connectivity index (χ4n) is 15.0. The van der Waals surface area contributed by atoms with Crippen LogP contribution in [0.5, 0.6) is 0 Å². The van der Waals surface area contributed by atoms with Gasteiger partial charge < -0.3 is 100 Å². The van der Waals surface area contributed by atoms with E-state index in [0.717, 1.165) is 51.9 Å². The molecule has 0 spiro atoms. The Morgan fingerprint density at radius 3 is 1.21 bits per heavy atom. The largest absolute Gasteiger partial charge is 0.477 e. The number of carbonyl (C=O) groups excluding carboxylic acids is 2. The number of hydrogen-bond acceptors (Lipinski definition) is 20. The summed E-state index contributed by atoms with van der Waals surface area (Å²) >= 11 is 0. The van der Waals surface area contributed by atoms with Crippen molar-refractivity contribution in [1.82, 2.24) is 10.6 Å². The quantitative estimate of drug-likeness (QED) is 0.0252. The number of aliphatic hydroxyl groups is 11. The lowest BCUT2D eigenvalue weighted by Crippen LogP contribution is -2.70. The van der Waals surface area contributed by atoms with E-state index < -0.39 is 148 Å². The van der Waals surface area contributed by atoms with Crippen molar-refractivity contribution in [3.05, 3.63) is 0 Å². The molecule has 18 unspecified atom stereocenters. The van der Waals surface area contributed by atoms with Crippen molar-refractivity contribution in [2.45, 2.75) is 464 Å². The van der Waals surface area contributed by atoms with Crippen molar-refractivity contribution in [2.75, 3.05) is 26.4 Å². The second kappa shape index (κ2) is 59.6. The van der Waals surface area contributed by atoms with Gasteiger partial charge in [0.1, 0.15) is 67.1 Å². The summed E-state index contributed by atoms with van der Waals surface area (Å²) < 4.78 is 35.0. The number of carboxylic acid groups (broad SMARTS) is 1. The zero-order valence-electron chi connectivity index (χ0n) is 64.5. The highest BCUT2D eigenvalue weighted by molar-refractivity contribution is 5.77. The fraction of sp³-hybridized carbons (Fsp3) is 0.963. The monoisotopic (exact) mass is 1480 g/mol.